The molecule has 2 heterocycles. The lowest BCUT2D eigenvalue weighted by Gasteiger charge is -2.23. The third kappa shape index (κ3) is 3.82. The molecule has 0 radical (unpaired) electrons. The van der Waals surface area contributed by atoms with E-state index in [0.717, 1.165) is 28.3 Å². The molecular weight excluding hydrogens is 386 g/mol. The second-order valence-corrected chi connectivity index (χ2v) is 7.15. The number of hydrogen-bond donors (Lipinski definition) is 2. The molecule has 1 aliphatic heterocycles. The van der Waals surface area contributed by atoms with Gasteiger partial charge in [0.1, 0.15) is 23.3 Å². The van der Waals surface area contributed by atoms with Crippen LogP contribution in [0.1, 0.15) is 29.3 Å². The van der Waals surface area contributed by atoms with E-state index < -0.39 is 0 Å². The molecule has 4 rings (SSSR count). The molecule has 2 N–H and O–H groups in total. The van der Waals surface area contributed by atoms with Crippen LogP contribution in [0.2, 0.25) is 0 Å². The average molecular weight is 407 g/mol. The Labute approximate surface area is 174 Å². The predicted octanol–water partition coefficient (Wildman–Crippen LogP) is 4.85. The number of phenols is 1. The Morgan fingerprint density at radius 2 is 2.07 bits per heavy atom. The fourth-order valence-electron chi connectivity index (χ4n) is 3.33. The van der Waals surface area contributed by atoms with Gasteiger partial charge in [-0.25, -0.2) is 5.01 Å². The van der Waals surface area contributed by atoms with Crippen molar-refractivity contribution in [1.29, 1.82) is 0 Å². The summed E-state index contributed by atoms with van der Waals surface area (Å²) >= 11 is 5.67. The first kappa shape index (κ1) is 19.0. The average Bonchev–Trinajstić information content (AvgIpc) is 3.40. The summed E-state index contributed by atoms with van der Waals surface area (Å²) in [5.74, 6) is 1.74. The third-order valence-corrected chi connectivity index (χ3v) is 5.16. The summed E-state index contributed by atoms with van der Waals surface area (Å²) in [5, 5.41) is 20.1. The number of nitrogens with one attached hydrogen (secondary N) is 1. The number of thiocarbonyl (C=S) groups is 1. The highest BCUT2D eigenvalue weighted by atomic mass is 32.1. The number of anilines is 1. The van der Waals surface area contributed by atoms with Crippen LogP contribution < -0.4 is 10.1 Å². The Balaban J connectivity index is 1.66. The summed E-state index contributed by atoms with van der Waals surface area (Å²) < 4.78 is 11.1. The Hall–Kier alpha value is -3.32. The van der Waals surface area contributed by atoms with Crippen molar-refractivity contribution in [3.8, 4) is 11.5 Å². The maximum Gasteiger partial charge on any atom is 0.194 e. The quantitative estimate of drug-likeness (QED) is 0.603. The van der Waals surface area contributed by atoms with Gasteiger partial charge in [-0.1, -0.05) is 12.1 Å². The normalized spacial score (nSPS) is 15.9. The number of benzene rings is 2. The fourth-order valence-corrected chi connectivity index (χ4v) is 3.61. The summed E-state index contributed by atoms with van der Waals surface area (Å²) in [4.78, 5) is 0. The number of phenolic OH excluding ortho intramolecular Hbond substituents is 1. The van der Waals surface area contributed by atoms with Crippen molar-refractivity contribution in [2.75, 3.05) is 12.4 Å². The summed E-state index contributed by atoms with van der Waals surface area (Å²) in [6.07, 6.45) is 2.28. The number of furan rings is 1. The smallest absolute Gasteiger partial charge is 0.194 e. The highest BCUT2D eigenvalue weighted by Gasteiger charge is 2.33. The molecule has 3 aromatic rings. The van der Waals surface area contributed by atoms with E-state index in [0.29, 0.717) is 17.3 Å². The Bertz CT molecular complexity index is 1060. The summed E-state index contributed by atoms with van der Waals surface area (Å²) in [5.41, 5.74) is 3.38. The van der Waals surface area contributed by atoms with E-state index in [1.165, 1.54) is 0 Å². The summed E-state index contributed by atoms with van der Waals surface area (Å²) in [6.45, 7) is 1.87. The van der Waals surface area contributed by atoms with Gasteiger partial charge in [0, 0.05) is 6.42 Å². The SMILES string of the molecule is COc1ccccc1NC(=S)N1N=C(c2ccc(O)c(C)c2)CC1c1ccco1. The van der Waals surface area contributed by atoms with E-state index >= 15 is 0 Å². The van der Waals surface area contributed by atoms with Crippen molar-refractivity contribution in [2.24, 2.45) is 5.10 Å². The van der Waals surface area contributed by atoms with Crippen LogP contribution in [-0.4, -0.2) is 28.0 Å². The number of rotatable bonds is 4. The topological polar surface area (TPSA) is 70.2 Å². The number of aryl methyl sites for hydroxylation is 1. The second kappa shape index (κ2) is 7.97. The van der Waals surface area contributed by atoms with Crippen LogP contribution in [0.4, 0.5) is 5.69 Å². The largest absolute Gasteiger partial charge is 0.508 e. The molecule has 0 amide bonds. The molecule has 1 aliphatic rings. The van der Waals surface area contributed by atoms with Crippen molar-refractivity contribution < 1.29 is 14.3 Å². The van der Waals surface area contributed by atoms with Gasteiger partial charge in [-0.2, -0.15) is 5.10 Å². The van der Waals surface area contributed by atoms with Gasteiger partial charge in [0.15, 0.2) is 5.11 Å². The minimum absolute atomic E-state index is 0.163. The first-order valence-corrected chi connectivity index (χ1v) is 9.61. The van der Waals surface area contributed by atoms with Gasteiger partial charge in [0.25, 0.3) is 0 Å². The number of hydrazone groups is 1. The number of methoxy groups -OCH3 is 1. The minimum atomic E-state index is -0.163. The van der Waals surface area contributed by atoms with Gasteiger partial charge < -0.3 is 19.6 Å². The zero-order chi connectivity index (χ0) is 20.4. The van der Waals surface area contributed by atoms with Crippen LogP contribution in [0.3, 0.4) is 0 Å². The van der Waals surface area contributed by atoms with Crippen molar-refractivity contribution >= 4 is 28.7 Å². The van der Waals surface area contributed by atoms with Crippen molar-refractivity contribution in [3.63, 3.8) is 0 Å². The van der Waals surface area contributed by atoms with Crippen LogP contribution in [0.25, 0.3) is 0 Å². The van der Waals surface area contributed by atoms with E-state index in [1.807, 2.05) is 55.5 Å². The zero-order valence-corrected chi connectivity index (χ0v) is 16.9. The maximum atomic E-state index is 9.83. The van der Waals surface area contributed by atoms with Gasteiger partial charge in [0.05, 0.1) is 24.8 Å². The monoisotopic (exact) mass is 407 g/mol. The first-order chi connectivity index (χ1) is 14.1. The number of para-hydroxylation sites is 2. The minimum Gasteiger partial charge on any atom is -0.508 e. The van der Waals surface area contributed by atoms with Gasteiger partial charge in [0.2, 0.25) is 0 Å². The van der Waals surface area contributed by atoms with E-state index in [9.17, 15) is 5.11 Å². The molecular formula is C22H21N3O3S. The van der Waals surface area contributed by atoms with E-state index in [4.69, 9.17) is 26.5 Å². The molecule has 1 unspecified atom stereocenters. The van der Waals surface area contributed by atoms with E-state index in [1.54, 1.807) is 24.4 Å². The zero-order valence-electron chi connectivity index (χ0n) is 16.1. The molecule has 1 aromatic heterocycles. The van der Waals surface area contributed by atoms with Crippen LogP contribution >= 0.6 is 12.2 Å². The molecule has 0 spiro atoms. The lowest BCUT2D eigenvalue weighted by molar-refractivity contribution is 0.317. The number of nitrogens with zero attached hydrogens (tertiary/aromatic N) is 2. The standard InChI is InChI=1S/C22H21N3O3S/c1-14-12-15(9-10-19(14)26)17-13-18(21-8-5-11-28-21)25(24-17)22(29)23-16-6-3-4-7-20(16)27-2/h3-12,18,26H,13H2,1-2H3,(H,23,29). The summed E-state index contributed by atoms with van der Waals surface area (Å²) in [6, 6.07) is 16.7. The van der Waals surface area contributed by atoms with E-state index in [2.05, 4.69) is 5.32 Å². The van der Waals surface area contributed by atoms with Gasteiger partial charge in [-0.15, -0.1) is 0 Å². The number of hydrogen-bond acceptors (Lipinski definition) is 5. The highest BCUT2D eigenvalue weighted by Crippen LogP contribution is 2.35. The number of aromatic hydroxyl groups is 1. The van der Waals surface area contributed by atoms with Crippen molar-refractivity contribution in [2.45, 2.75) is 19.4 Å². The predicted molar refractivity (Wildman–Crippen MR) is 117 cm³/mol. The molecule has 1 atom stereocenters. The molecule has 6 nitrogen and oxygen atoms in total. The van der Waals surface area contributed by atoms with Crippen LogP contribution in [0.5, 0.6) is 11.5 Å². The molecule has 7 heteroatoms. The van der Waals surface area contributed by atoms with Crippen LogP contribution in [0, 0.1) is 6.92 Å². The second-order valence-electron chi connectivity index (χ2n) is 6.76. The molecule has 2 aromatic carbocycles. The maximum absolute atomic E-state index is 9.83. The molecule has 29 heavy (non-hydrogen) atoms. The molecule has 0 fully saturated rings. The fraction of sp³-hybridized carbons (Fsp3) is 0.182. The Morgan fingerprint density at radius 3 is 2.79 bits per heavy atom. The highest BCUT2D eigenvalue weighted by molar-refractivity contribution is 7.80. The molecule has 0 bridgehead atoms. The molecule has 0 saturated carbocycles. The first-order valence-electron chi connectivity index (χ1n) is 9.21. The van der Waals surface area contributed by atoms with Gasteiger partial charge >= 0.3 is 0 Å². The van der Waals surface area contributed by atoms with Crippen LogP contribution in [0.15, 0.2) is 70.4 Å². The van der Waals surface area contributed by atoms with E-state index in [-0.39, 0.29) is 11.8 Å². The summed E-state index contributed by atoms with van der Waals surface area (Å²) in [7, 11) is 1.62. The van der Waals surface area contributed by atoms with Crippen molar-refractivity contribution in [3.05, 3.63) is 77.7 Å². The lowest BCUT2D eigenvalue weighted by atomic mass is 10.0. The molecule has 148 valence electrons. The third-order valence-electron chi connectivity index (χ3n) is 4.87. The Morgan fingerprint density at radius 1 is 1.24 bits per heavy atom. The van der Waals surface area contributed by atoms with Crippen molar-refractivity contribution in [1.82, 2.24) is 5.01 Å². The van der Waals surface area contributed by atoms with Crippen LogP contribution in [-0.2, 0) is 0 Å². The Kier molecular flexibility index (Phi) is 5.22. The molecule has 0 saturated heterocycles. The lowest BCUT2D eigenvalue weighted by Crippen LogP contribution is -2.31. The molecule has 0 aliphatic carbocycles. The number of ether oxygens (including phenoxy) is 1. The van der Waals surface area contributed by atoms with Gasteiger partial charge in [-0.3, -0.25) is 0 Å². The van der Waals surface area contributed by atoms with Gasteiger partial charge in [-0.05, 0) is 72.7 Å².